The standard InChI is InChI=1S/C13H14BrN3S/c1-9-6-16-13(17-7-9)18-11-4-3-10(8-15-2)12(14)5-11/h3-7,15H,8H2,1-2H3. The molecule has 5 heteroatoms. The summed E-state index contributed by atoms with van der Waals surface area (Å²) in [6, 6.07) is 6.29. The third-order valence-corrected chi connectivity index (χ3v) is 3.98. The molecule has 3 nitrogen and oxygen atoms in total. The van der Waals surface area contributed by atoms with Crippen LogP contribution in [-0.4, -0.2) is 17.0 Å². The number of rotatable bonds is 4. The van der Waals surface area contributed by atoms with E-state index in [0.717, 1.165) is 26.6 Å². The lowest BCUT2D eigenvalue weighted by atomic mass is 10.2. The average molecular weight is 324 g/mol. The van der Waals surface area contributed by atoms with Crippen molar-refractivity contribution in [1.29, 1.82) is 0 Å². The largest absolute Gasteiger partial charge is 0.316 e. The molecule has 18 heavy (non-hydrogen) atoms. The molecule has 2 rings (SSSR count). The minimum atomic E-state index is 0.772. The van der Waals surface area contributed by atoms with E-state index in [9.17, 15) is 0 Å². The van der Waals surface area contributed by atoms with Crippen molar-refractivity contribution in [3.05, 3.63) is 46.2 Å². The molecule has 0 radical (unpaired) electrons. The number of hydrogen-bond acceptors (Lipinski definition) is 4. The Labute approximate surface area is 120 Å². The minimum Gasteiger partial charge on any atom is -0.316 e. The SMILES string of the molecule is CNCc1ccc(Sc2ncc(C)cn2)cc1Br. The highest BCUT2D eigenvalue weighted by atomic mass is 79.9. The van der Waals surface area contributed by atoms with Gasteiger partial charge in [-0.3, -0.25) is 0 Å². The molecule has 2 aromatic rings. The summed E-state index contributed by atoms with van der Waals surface area (Å²) in [6.45, 7) is 2.84. The van der Waals surface area contributed by atoms with Gasteiger partial charge in [0.1, 0.15) is 0 Å². The van der Waals surface area contributed by atoms with Gasteiger partial charge >= 0.3 is 0 Å². The molecule has 0 fully saturated rings. The molecule has 1 aromatic heterocycles. The van der Waals surface area contributed by atoms with Crippen molar-refractivity contribution in [2.24, 2.45) is 0 Å². The lowest BCUT2D eigenvalue weighted by Crippen LogP contribution is -2.05. The van der Waals surface area contributed by atoms with Crippen LogP contribution in [0.4, 0.5) is 0 Å². The fourth-order valence-corrected chi connectivity index (χ4v) is 2.87. The Morgan fingerprint density at radius 2 is 2.00 bits per heavy atom. The summed E-state index contributed by atoms with van der Waals surface area (Å²) in [7, 11) is 1.94. The third-order valence-electron chi connectivity index (χ3n) is 2.36. The lowest BCUT2D eigenvalue weighted by molar-refractivity contribution is 0.813. The second-order valence-electron chi connectivity index (χ2n) is 3.93. The zero-order chi connectivity index (χ0) is 13.0. The number of nitrogens with zero attached hydrogens (tertiary/aromatic N) is 2. The van der Waals surface area contributed by atoms with Gasteiger partial charge in [0.2, 0.25) is 0 Å². The molecule has 0 aliphatic heterocycles. The highest BCUT2D eigenvalue weighted by molar-refractivity contribution is 9.10. The predicted octanol–water partition coefficient (Wildman–Crippen LogP) is 3.42. The summed E-state index contributed by atoms with van der Waals surface area (Å²) in [4.78, 5) is 9.70. The molecule has 94 valence electrons. The first-order valence-corrected chi connectivity index (χ1v) is 7.19. The molecule has 0 unspecified atom stereocenters. The van der Waals surface area contributed by atoms with E-state index in [-0.39, 0.29) is 0 Å². The van der Waals surface area contributed by atoms with Gasteiger partial charge in [-0.15, -0.1) is 0 Å². The van der Waals surface area contributed by atoms with Gasteiger partial charge in [-0.05, 0) is 49.0 Å². The van der Waals surface area contributed by atoms with Crippen LogP contribution in [0.25, 0.3) is 0 Å². The van der Waals surface area contributed by atoms with Crippen molar-refractivity contribution < 1.29 is 0 Å². The van der Waals surface area contributed by atoms with Crippen LogP contribution in [0.1, 0.15) is 11.1 Å². The third kappa shape index (κ3) is 3.54. The van der Waals surface area contributed by atoms with Gasteiger partial charge in [-0.25, -0.2) is 9.97 Å². The molecule has 0 aliphatic rings. The second kappa shape index (κ2) is 6.31. The Balaban J connectivity index is 2.14. The van der Waals surface area contributed by atoms with E-state index in [1.54, 1.807) is 11.8 Å². The number of aryl methyl sites for hydroxylation is 1. The van der Waals surface area contributed by atoms with Gasteiger partial charge in [0, 0.05) is 28.3 Å². The number of aromatic nitrogens is 2. The van der Waals surface area contributed by atoms with Crippen molar-refractivity contribution >= 4 is 27.7 Å². The van der Waals surface area contributed by atoms with Crippen LogP contribution < -0.4 is 5.32 Å². The summed E-state index contributed by atoms with van der Waals surface area (Å²) >= 11 is 5.14. The highest BCUT2D eigenvalue weighted by Crippen LogP contribution is 2.28. The lowest BCUT2D eigenvalue weighted by Gasteiger charge is -2.06. The Kier molecular flexibility index (Phi) is 4.74. The van der Waals surface area contributed by atoms with Crippen molar-refractivity contribution in [1.82, 2.24) is 15.3 Å². The summed E-state index contributed by atoms with van der Waals surface area (Å²) in [5, 5.41) is 3.91. The van der Waals surface area contributed by atoms with Crippen LogP contribution in [0.3, 0.4) is 0 Å². The van der Waals surface area contributed by atoms with E-state index >= 15 is 0 Å². The summed E-state index contributed by atoms with van der Waals surface area (Å²) in [5.41, 5.74) is 2.32. The molecule has 0 bridgehead atoms. The molecule has 1 heterocycles. The number of halogens is 1. The quantitative estimate of drug-likeness (QED) is 0.875. The summed E-state index contributed by atoms with van der Waals surface area (Å²) in [6.07, 6.45) is 3.67. The van der Waals surface area contributed by atoms with Gasteiger partial charge in [-0.2, -0.15) is 0 Å². The van der Waals surface area contributed by atoms with E-state index in [2.05, 4.69) is 49.4 Å². The fraction of sp³-hybridized carbons (Fsp3) is 0.231. The summed E-state index contributed by atoms with van der Waals surface area (Å²) < 4.78 is 1.11. The Hall–Kier alpha value is -0.910. The van der Waals surface area contributed by atoms with Crippen molar-refractivity contribution in [3.8, 4) is 0 Å². The van der Waals surface area contributed by atoms with Crippen LogP contribution >= 0.6 is 27.7 Å². The molecular weight excluding hydrogens is 310 g/mol. The first-order valence-electron chi connectivity index (χ1n) is 5.58. The molecule has 1 N–H and O–H groups in total. The minimum absolute atomic E-state index is 0.772. The summed E-state index contributed by atoms with van der Waals surface area (Å²) in [5.74, 6) is 0. The van der Waals surface area contributed by atoms with E-state index in [0.29, 0.717) is 0 Å². The Morgan fingerprint density at radius 3 is 2.61 bits per heavy atom. The average Bonchev–Trinajstić information content (AvgIpc) is 2.36. The number of benzene rings is 1. The zero-order valence-corrected chi connectivity index (χ0v) is 12.7. The molecule has 0 atom stereocenters. The highest BCUT2D eigenvalue weighted by Gasteiger charge is 2.04. The monoisotopic (exact) mass is 323 g/mol. The van der Waals surface area contributed by atoms with E-state index < -0.39 is 0 Å². The van der Waals surface area contributed by atoms with Crippen molar-refractivity contribution in [2.75, 3.05) is 7.05 Å². The molecule has 1 aromatic carbocycles. The van der Waals surface area contributed by atoms with Gasteiger partial charge < -0.3 is 5.32 Å². The molecule has 0 aliphatic carbocycles. The van der Waals surface area contributed by atoms with Gasteiger partial charge in [0.15, 0.2) is 5.16 Å². The van der Waals surface area contributed by atoms with Crippen LogP contribution in [0, 0.1) is 6.92 Å². The molecular formula is C13H14BrN3S. The van der Waals surface area contributed by atoms with Gasteiger partial charge in [0.05, 0.1) is 0 Å². The molecule has 0 spiro atoms. The first-order chi connectivity index (χ1) is 8.69. The smallest absolute Gasteiger partial charge is 0.192 e. The second-order valence-corrected chi connectivity index (χ2v) is 5.82. The first kappa shape index (κ1) is 13.5. The van der Waals surface area contributed by atoms with Crippen molar-refractivity contribution in [3.63, 3.8) is 0 Å². The maximum atomic E-state index is 4.29. The van der Waals surface area contributed by atoms with E-state index in [1.807, 2.05) is 26.4 Å². The maximum absolute atomic E-state index is 4.29. The predicted molar refractivity (Wildman–Crippen MR) is 77.8 cm³/mol. The van der Waals surface area contributed by atoms with E-state index in [4.69, 9.17) is 0 Å². The van der Waals surface area contributed by atoms with Gasteiger partial charge in [-0.1, -0.05) is 22.0 Å². The Bertz CT molecular complexity index is 528. The van der Waals surface area contributed by atoms with Crippen LogP contribution in [-0.2, 0) is 6.54 Å². The molecule has 0 saturated heterocycles. The van der Waals surface area contributed by atoms with Crippen LogP contribution in [0.2, 0.25) is 0 Å². The topological polar surface area (TPSA) is 37.8 Å². The normalized spacial score (nSPS) is 10.6. The Morgan fingerprint density at radius 1 is 1.28 bits per heavy atom. The van der Waals surface area contributed by atoms with Crippen LogP contribution in [0.5, 0.6) is 0 Å². The molecule has 0 amide bonds. The zero-order valence-electron chi connectivity index (χ0n) is 10.3. The van der Waals surface area contributed by atoms with E-state index in [1.165, 1.54) is 5.56 Å². The van der Waals surface area contributed by atoms with Crippen molar-refractivity contribution in [2.45, 2.75) is 23.5 Å². The molecule has 0 saturated carbocycles. The van der Waals surface area contributed by atoms with Crippen LogP contribution in [0.15, 0.2) is 45.1 Å². The fourth-order valence-electron chi connectivity index (χ4n) is 1.46. The number of nitrogens with one attached hydrogen (secondary N) is 1. The number of hydrogen-bond donors (Lipinski definition) is 1. The maximum Gasteiger partial charge on any atom is 0.192 e. The van der Waals surface area contributed by atoms with Gasteiger partial charge in [0.25, 0.3) is 0 Å².